The molecule has 11 nitrogen and oxygen atoms in total. The van der Waals surface area contributed by atoms with Gasteiger partial charge in [0.1, 0.15) is 0 Å². The molecule has 4 saturated heterocycles. The quantitative estimate of drug-likeness (QED) is 0.316. The average molecular weight is 759 g/mol. The smallest absolute Gasteiger partial charge is 0.264 e. The van der Waals surface area contributed by atoms with Crippen LogP contribution in [-0.4, -0.2) is 85.1 Å². The van der Waals surface area contributed by atoms with Crippen molar-refractivity contribution in [2.75, 3.05) is 40.9 Å². The van der Waals surface area contributed by atoms with Crippen LogP contribution in [0.2, 0.25) is 18.6 Å². The summed E-state index contributed by atoms with van der Waals surface area (Å²) in [4.78, 5) is 74.9. The van der Waals surface area contributed by atoms with Crippen molar-refractivity contribution in [3.63, 3.8) is 0 Å². The summed E-state index contributed by atoms with van der Waals surface area (Å²) in [6, 6.07) is 13.4. The van der Waals surface area contributed by atoms with Crippen molar-refractivity contribution < 1.29 is 33.8 Å². The minimum atomic E-state index is -3.05. The van der Waals surface area contributed by atoms with Gasteiger partial charge in [0.15, 0.2) is 13.9 Å². The Kier molecular flexibility index (Phi) is 11.4. The highest BCUT2D eigenvalue weighted by atomic mass is 28.4. The zero-order chi connectivity index (χ0) is 38.2. The fourth-order valence-electron chi connectivity index (χ4n) is 10.1. The molecule has 2 N–H and O–H groups in total. The number of aliphatic hydroxyl groups is 1. The number of fused-ring (bicyclic) bond motifs is 2. The third-order valence-electron chi connectivity index (χ3n) is 12.8. The SMILES string of the molecule is C[C@H]1[C@H]([Si](C)(C)O)[C@@H](CC(=O)N2CCC[C@H]2CO)O[C@]12C(=O)N(Cc1cccc(N3CCCCCCC3=O)c1)c1ccc(N3CCCCCCC3=O)cc12. The number of hydrogen-bond donors (Lipinski definition) is 2. The Balaban J connectivity index is 1.28. The summed E-state index contributed by atoms with van der Waals surface area (Å²) in [6.07, 6.45) is 9.66. The van der Waals surface area contributed by atoms with Crippen LogP contribution in [0.15, 0.2) is 42.5 Å². The van der Waals surface area contributed by atoms with Gasteiger partial charge in [0.2, 0.25) is 17.7 Å². The first-order valence-corrected chi connectivity index (χ1v) is 23.4. The van der Waals surface area contributed by atoms with E-state index in [2.05, 4.69) is 0 Å². The molecule has 54 heavy (non-hydrogen) atoms. The third-order valence-corrected chi connectivity index (χ3v) is 15.3. The van der Waals surface area contributed by atoms with Crippen molar-refractivity contribution in [1.82, 2.24) is 4.90 Å². The number of benzene rings is 2. The van der Waals surface area contributed by atoms with E-state index in [0.29, 0.717) is 43.7 Å². The van der Waals surface area contributed by atoms with E-state index >= 15 is 4.79 Å². The van der Waals surface area contributed by atoms with Crippen LogP contribution in [0.1, 0.15) is 102 Å². The van der Waals surface area contributed by atoms with Gasteiger partial charge in [-0.25, -0.2) is 0 Å². The Morgan fingerprint density at radius 2 is 1.50 bits per heavy atom. The number of carbonyl (C=O) groups excluding carboxylic acids is 4. The molecule has 4 amide bonds. The summed E-state index contributed by atoms with van der Waals surface area (Å²) in [5.74, 6) is -0.679. The van der Waals surface area contributed by atoms with E-state index in [-0.39, 0.29) is 49.2 Å². The Labute approximate surface area is 320 Å². The molecule has 0 aliphatic carbocycles. The van der Waals surface area contributed by atoms with Crippen molar-refractivity contribution >= 4 is 49.0 Å². The van der Waals surface area contributed by atoms with E-state index in [0.717, 1.165) is 81.1 Å². The number of aliphatic hydroxyl groups excluding tert-OH is 1. The minimum Gasteiger partial charge on any atom is -0.432 e. The van der Waals surface area contributed by atoms with E-state index in [1.807, 2.05) is 72.3 Å². The minimum absolute atomic E-state index is 0.00305. The van der Waals surface area contributed by atoms with Crippen LogP contribution in [0.25, 0.3) is 0 Å². The van der Waals surface area contributed by atoms with Gasteiger partial charge in [-0.2, -0.15) is 0 Å². The molecule has 5 atom stereocenters. The number of carbonyl (C=O) groups is 4. The summed E-state index contributed by atoms with van der Waals surface area (Å²) in [5.41, 5.74) is 1.84. The fraction of sp³-hybridized carbons (Fsp3) is 0.619. The number of rotatable bonds is 8. The lowest BCUT2D eigenvalue weighted by molar-refractivity contribution is -0.150. The third kappa shape index (κ3) is 7.26. The van der Waals surface area contributed by atoms with Crippen molar-refractivity contribution in [2.24, 2.45) is 5.92 Å². The largest absolute Gasteiger partial charge is 0.432 e. The van der Waals surface area contributed by atoms with E-state index in [1.54, 1.807) is 9.80 Å². The molecule has 12 heteroatoms. The lowest BCUT2D eigenvalue weighted by atomic mass is 9.82. The van der Waals surface area contributed by atoms with Crippen LogP contribution in [0.4, 0.5) is 17.1 Å². The summed E-state index contributed by atoms with van der Waals surface area (Å²) in [7, 11) is -3.05. The molecule has 2 aromatic carbocycles. The molecule has 292 valence electrons. The molecule has 0 saturated carbocycles. The summed E-state index contributed by atoms with van der Waals surface area (Å²) in [5, 5.41) is 9.99. The molecular weight excluding hydrogens is 701 g/mol. The monoisotopic (exact) mass is 758 g/mol. The molecule has 2 aromatic rings. The van der Waals surface area contributed by atoms with Gasteiger partial charge in [-0.1, -0.05) is 44.7 Å². The number of nitrogens with zero attached hydrogens (tertiary/aromatic N) is 4. The van der Waals surface area contributed by atoms with Gasteiger partial charge in [0.05, 0.1) is 37.4 Å². The first kappa shape index (κ1) is 38.7. The number of amides is 4. The molecule has 0 bridgehead atoms. The standard InChI is InChI=1S/C42H58N4O7Si/c1-29-40(54(2,3)52)36(26-39(50)45-23-13-16-33(45)28-47)53-42(29)34-25-32(44-22-11-7-5-9-18-38(44)49)19-20-35(34)46(41(42)51)27-30-14-12-15-31(24-30)43-21-10-6-4-8-17-37(43)48/h12,14-15,19-20,24-25,29,33,36,40,47,52H,4-11,13,16-18,21-23,26-28H2,1-3H3/t29-,33-,36+,40-,42+/m0/s1. The maximum absolute atomic E-state index is 15.3. The van der Waals surface area contributed by atoms with Crippen LogP contribution in [0.5, 0.6) is 0 Å². The predicted octanol–water partition coefficient (Wildman–Crippen LogP) is 6.00. The molecule has 1 spiro atoms. The average Bonchev–Trinajstić information content (AvgIpc) is 3.79. The maximum Gasteiger partial charge on any atom is 0.264 e. The number of hydrogen-bond acceptors (Lipinski definition) is 7. The van der Waals surface area contributed by atoms with Gasteiger partial charge in [-0.3, -0.25) is 19.2 Å². The normalized spacial score (nSPS) is 28.4. The first-order chi connectivity index (χ1) is 25.9. The predicted molar refractivity (Wildman–Crippen MR) is 211 cm³/mol. The van der Waals surface area contributed by atoms with Crippen molar-refractivity contribution in [3.05, 3.63) is 53.6 Å². The van der Waals surface area contributed by atoms with Crippen molar-refractivity contribution in [3.8, 4) is 0 Å². The first-order valence-electron chi connectivity index (χ1n) is 20.4. The Bertz CT molecular complexity index is 1750. The van der Waals surface area contributed by atoms with Gasteiger partial charge in [-0.15, -0.1) is 0 Å². The van der Waals surface area contributed by atoms with Gasteiger partial charge in [0.25, 0.3) is 5.91 Å². The molecule has 0 unspecified atom stereocenters. The zero-order valence-electron chi connectivity index (χ0n) is 32.3. The highest BCUT2D eigenvalue weighted by Crippen LogP contribution is 2.60. The van der Waals surface area contributed by atoms with Crippen LogP contribution in [0, 0.1) is 5.92 Å². The van der Waals surface area contributed by atoms with Crippen LogP contribution in [-0.2, 0) is 36.1 Å². The molecule has 0 aromatic heterocycles. The Morgan fingerprint density at radius 1 is 0.852 bits per heavy atom. The molecule has 0 radical (unpaired) electrons. The Morgan fingerprint density at radius 3 is 2.15 bits per heavy atom. The van der Waals surface area contributed by atoms with Gasteiger partial charge < -0.3 is 34.2 Å². The maximum atomic E-state index is 15.3. The molecule has 5 aliphatic heterocycles. The highest BCUT2D eigenvalue weighted by Gasteiger charge is 2.66. The lowest BCUT2D eigenvalue weighted by Gasteiger charge is -2.33. The van der Waals surface area contributed by atoms with Gasteiger partial charge in [0, 0.05) is 60.9 Å². The van der Waals surface area contributed by atoms with Crippen LogP contribution >= 0.6 is 0 Å². The number of anilines is 3. The molecular formula is C42H58N4O7Si. The van der Waals surface area contributed by atoms with E-state index in [4.69, 9.17) is 4.74 Å². The van der Waals surface area contributed by atoms with Gasteiger partial charge >= 0.3 is 0 Å². The second kappa shape index (κ2) is 15.9. The molecule has 5 aliphatic rings. The second-order valence-corrected chi connectivity index (χ2v) is 20.8. The second-order valence-electron chi connectivity index (χ2n) is 16.8. The molecule has 7 rings (SSSR count). The lowest BCUT2D eigenvalue weighted by Crippen LogP contribution is -2.46. The van der Waals surface area contributed by atoms with Crippen LogP contribution < -0.4 is 14.7 Å². The summed E-state index contributed by atoms with van der Waals surface area (Å²) >= 11 is 0. The van der Waals surface area contributed by atoms with Crippen molar-refractivity contribution in [1.29, 1.82) is 0 Å². The van der Waals surface area contributed by atoms with E-state index in [1.165, 1.54) is 0 Å². The highest BCUT2D eigenvalue weighted by molar-refractivity contribution is 6.71. The van der Waals surface area contributed by atoms with Crippen molar-refractivity contribution in [2.45, 2.75) is 133 Å². The van der Waals surface area contributed by atoms with Gasteiger partial charge in [-0.05, 0) is 87.5 Å². The fourth-order valence-corrected chi connectivity index (χ4v) is 12.7. The molecule has 5 heterocycles. The zero-order valence-corrected chi connectivity index (χ0v) is 33.3. The Hall–Kier alpha value is -3.58. The van der Waals surface area contributed by atoms with E-state index in [9.17, 15) is 24.3 Å². The topological polar surface area (TPSA) is 131 Å². The summed E-state index contributed by atoms with van der Waals surface area (Å²) < 4.78 is 7.06. The number of likely N-dealkylation sites (tertiary alicyclic amines) is 1. The van der Waals surface area contributed by atoms with E-state index < -0.39 is 31.5 Å². The summed E-state index contributed by atoms with van der Waals surface area (Å²) in [6.45, 7) is 7.64. The number of ether oxygens (including phenoxy) is 1. The molecule has 4 fully saturated rings. The van der Waals surface area contributed by atoms with Crippen LogP contribution in [0.3, 0.4) is 0 Å².